The van der Waals surface area contributed by atoms with Gasteiger partial charge in [0, 0.05) is 33.3 Å². The van der Waals surface area contributed by atoms with Gasteiger partial charge in [-0.15, -0.1) is 24.0 Å². The van der Waals surface area contributed by atoms with E-state index in [9.17, 15) is 0 Å². The summed E-state index contributed by atoms with van der Waals surface area (Å²) in [5.74, 6) is 1.86. The molecule has 8 heteroatoms. The predicted molar refractivity (Wildman–Crippen MR) is 134 cm³/mol. The van der Waals surface area contributed by atoms with Crippen LogP contribution in [0.4, 0.5) is 0 Å². The van der Waals surface area contributed by atoms with Crippen LogP contribution in [0.25, 0.3) is 0 Å². The molecule has 1 aromatic rings. The van der Waals surface area contributed by atoms with Crippen LogP contribution in [-0.2, 0) is 9.47 Å². The number of morpholine rings is 1. The molecular weight excluding hydrogens is 507 g/mol. The normalized spacial score (nSPS) is 25.9. The van der Waals surface area contributed by atoms with E-state index < -0.39 is 0 Å². The first kappa shape index (κ1) is 24.5. The van der Waals surface area contributed by atoms with Gasteiger partial charge in [-0.3, -0.25) is 9.89 Å². The third-order valence-corrected chi connectivity index (χ3v) is 6.50. The Kier molecular flexibility index (Phi) is 9.68. The third kappa shape index (κ3) is 6.24. The molecule has 7 nitrogen and oxygen atoms in total. The molecule has 3 unspecified atom stereocenters. The summed E-state index contributed by atoms with van der Waals surface area (Å²) in [5, 5.41) is 3.66. The van der Waals surface area contributed by atoms with Crippen molar-refractivity contribution in [3.05, 3.63) is 29.8 Å². The minimum absolute atomic E-state index is 0. The topological polar surface area (TPSA) is 58.6 Å². The fraction of sp³-hybridized carbons (Fsp3) is 0.696. The molecule has 3 aliphatic rings. The second-order valence-corrected chi connectivity index (χ2v) is 8.37. The molecule has 0 aliphatic carbocycles. The van der Waals surface area contributed by atoms with Gasteiger partial charge in [0.2, 0.25) is 0 Å². The number of benzene rings is 1. The van der Waals surface area contributed by atoms with Crippen LogP contribution in [-0.4, -0.2) is 88.1 Å². The zero-order valence-electron chi connectivity index (χ0n) is 18.8. The van der Waals surface area contributed by atoms with E-state index in [0.29, 0.717) is 6.04 Å². The van der Waals surface area contributed by atoms with Gasteiger partial charge in [-0.1, -0.05) is 12.1 Å². The first-order valence-corrected chi connectivity index (χ1v) is 11.4. The maximum absolute atomic E-state index is 6.02. The standard InChI is InChI=1S/C23H36N4O3.HI/c1-24-23(27-12-14-30-22(17-27)21-9-6-13-29-21)25-16-20(26-10-3-4-11-26)18-7-5-8-19(15-18)28-2;/h5,7-8,15,20-22H,3-4,6,9-14,16-17H2,1-2H3,(H,24,25);1H. The summed E-state index contributed by atoms with van der Waals surface area (Å²) < 4.78 is 17.4. The van der Waals surface area contributed by atoms with Crippen LogP contribution in [0.2, 0.25) is 0 Å². The summed E-state index contributed by atoms with van der Waals surface area (Å²) in [4.78, 5) is 9.49. The van der Waals surface area contributed by atoms with Crippen molar-refractivity contribution in [3.63, 3.8) is 0 Å². The van der Waals surface area contributed by atoms with Gasteiger partial charge in [0.05, 0.1) is 25.9 Å². The second kappa shape index (κ2) is 12.2. The molecular formula is C23H37IN4O3. The van der Waals surface area contributed by atoms with E-state index in [0.717, 1.165) is 70.5 Å². The van der Waals surface area contributed by atoms with E-state index in [1.165, 1.54) is 18.4 Å². The van der Waals surface area contributed by atoms with Gasteiger partial charge >= 0.3 is 0 Å². The highest BCUT2D eigenvalue weighted by Crippen LogP contribution is 2.27. The fourth-order valence-electron chi connectivity index (χ4n) is 4.87. The smallest absolute Gasteiger partial charge is 0.193 e. The number of nitrogens with one attached hydrogen (secondary N) is 1. The highest BCUT2D eigenvalue weighted by atomic mass is 127. The van der Waals surface area contributed by atoms with Crippen LogP contribution < -0.4 is 10.1 Å². The summed E-state index contributed by atoms with van der Waals surface area (Å²) in [7, 11) is 3.60. The van der Waals surface area contributed by atoms with Gasteiger partial charge in [0.15, 0.2) is 5.96 Å². The van der Waals surface area contributed by atoms with Gasteiger partial charge in [-0.2, -0.15) is 0 Å². The van der Waals surface area contributed by atoms with Crippen LogP contribution >= 0.6 is 24.0 Å². The number of likely N-dealkylation sites (tertiary alicyclic amines) is 1. The first-order valence-electron chi connectivity index (χ1n) is 11.4. The molecule has 0 saturated carbocycles. The number of halogens is 1. The molecule has 174 valence electrons. The highest BCUT2D eigenvalue weighted by molar-refractivity contribution is 14.0. The van der Waals surface area contributed by atoms with Crippen LogP contribution in [0, 0.1) is 0 Å². The summed E-state index contributed by atoms with van der Waals surface area (Å²) in [5.41, 5.74) is 1.29. The number of aliphatic imine (C=N–C) groups is 1. The zero-order valence-corrected chi connectivity index (χ0v) is 21.1. The van der Waals surface area contributed by atoms with Gasteiger partial charge in [-0.25, -0.2) is 0 Å². The maximum Gasteiger partial charge on any atom is 0.193 e. The molecule has 3 heterocycles. The van der Waals surface area contributed by atoms with Crippen LogP contribution in [0.5, 0.6) is 5.75 Å². The SMILES string of the molecule is CN=C(NCC(c1cccc(OC)c1)N1CCCC1)N1CCOC(C2CCCO2)C1.I. The van der Waals surface area contributed by atoms with Crippen molar-refractivity contribution in [3.8, 4) is 5.75 Å². The Bertz CT molecular complexity index is 708. The number of methoxy groups -OCH3 is 1. The number of guanidine groups is 1. The molecule has 0 bridgehead atoms. The van der Waals surface area contributed by atoms with Crippen molar-refractivity contribution in [2.75, 3.05) is 60.1 Å². The molecule has 3 atom stereocenters. The molecule has 0 radical (unpaired) electrons. The van der Waals surface area contributed by atoms with Crippen molar-refractivity contribution in [2.45, 2.75) is 43.9 Å². The van der Waals surface area contributed by atoms with Crippen molar-refractivity contribution in [1.82, 2.24) is 15.1 Å². The van der Waals surface area contributed by atoms with Crippen molar-refractivity contribution in [2.24, 2.45) is 4.99 Å². The summed E-state index contributed by atoms with van der Waals surface area (Å²) >= 11 is 0. The van der Waals surface area contributed by atoms with E-state index in [2.05, 4.69) is 38.3 Å². The lowest BCUT2D eigenvalue weighted by molar-refractivity contribution is -0.0817. The quantitative estimate of drug-likeness (QED) is 0.338. The summed E-state index contributed by atoms with van der Waals surface area (Å²) in [6, 6.07) is 8.76. The summed E-state index contributed by atoms with van der Waals surface area (Å²) in [6.45, 7) is 6.37. The second-order valence-electron chi connectivity index (χ2n) is 8.37. The van der Waals surface area contributed by atoms with Crippen LogP contribution in [0.3, 0.4) is 0 Å². The maximum atomic E-state index is 6.02. The van der Waals surface area contributed by atoms with Crippen molar-refractivity contribution < 1.29 is 14.2 Å². The van der Waals surface area contributed by atoms with Gasteiger partial charge < -0.3 is 24.4 Å². The summed E-state index contributed by atoms with van der Waals surface area (Å²) in [6.07, 6.45) is 5.11. The Morgan fingerprint density at radius 2 is 1.97 bits per heavy atom. The number of nitrogens with zero attached hydrogens (tertiary/aromatic N) is 3. The monoisotopic (exact) mass is 544 g/mol. The van der Waals surface area contributed by atoms with Crippen molar-refractivity contribution in [1.29, 1.82) is 0 Å². The molecule has 0 spiro atoms. The molecule has 1 aromatic carbocycles. The third-order valence-electron chi connectivity index (χ3n) is 6.50. The average molecular weight is 544 g/mol. The average Bonchev–Trinajstić information content (AvgIpc) is 3.52. The van der Waals surface area contributed by atoms with E-state index >= 15 is 0 Å². The Labute approximate surface area is 203 Å². The van der Waals surface area contributed by atoms with Gasteiger partial charge in [0.25, 0.3) is 0 Å². The fourth-order valence-corrected chi connectivity index (χ4v) is 4.87. The highest BCUT2D eigenvalue weighted by Gasteiger charge is 2.32. The minimum Gasteiger partial charge on any atom is -0.497 e. The lowest BCUT2D eigenvalue weighted by Gasteiger charge is -2.38. The van der Waals surface area contributed by atoms with E-state index in [4.69, 9.17) is 14.2 Å². The Morgan fingerprint density at radius 1 is 1.16 bits per heavy atom. The number of rotatable bonds is 6. The molecule has 31 heavy (non-hydrogen) atoms. The van der Waals surface area contributed by atoms with Gasteiger partial charge in [-0.05, 0) is 56.5 Å². The van der Waals surface area contributed by atoms with Crippen LogP contribution in [0.15, 0.2) is 29.3 Å². The first-order chi connectivity index (χ1) is 14.8. The Balaban J connectivity index is 0.00000272. The Hall–Kier alpha value is -1.10. The number of ether oxygens (including phenoxy) is 3. The predicted octanol–water partition coefficient (Wildman–Crippen LogP) is 2.91. The van der Waals surface area contributed by atoms with Crippen LogP contribution in [0.1, 0.15) is 37.3 Å². The lowest BCUT2D eigenvalue weighted by atomic mass is 10.0. The number of hydrogen-bond acceptors (Lipinski definition) is 5. The molecule has 0 amide bonds. The van der Waals surface area contributed by atoms with E-state index in [1.807, 2.05) is 13.1 Å². The molecule has 4 rings (SSSR count). The molecule has 0 aromatic heterocycles. The van der Waals surface area contributed by atoms with Crippen molar-refractivity contribution >= 4 is 29.9 Å². The van der Waals surface area contributed by atoms with Gasteiger partial charge in [0.1, 0.15) is 11.9 Å². The largest absolute Gasteiger partial charge is 0.497 e. The molecule has 3 fully saturated rings. The van der Waals surface area contributed by atoms with E-state index in [1.54, 1.807) is 7.11 Å². The number of hydrogen-bond donors (Lipinski definition) is 1. The molecule has 1 N–H and O–H groups in total. The lowest BCUT2D eigenvalue weighted by Crippen LogP contribution is -2.54. The van der Waals surface area contributed by atoms with E-state index in [-0.39, 0.29) is 36.2 Å². The molecule has 3 saturated heterocycles. The molecule has 3 aliphatic heterocycles. The zero-order chi connectivity index (χ0) is 20.8. The Morgan fingerprint density at radius 3 is 2.68 bits per heavy atom. The minimum atomic E-state index is 0.